The van der Waals surface area contributed by atoms with Crippen LogP contribution in [0.2, 0.25) is 0 Å². The van der Waals surface area contributed by atoms with Crippen molar-refractivity contribution in [2.75, 3.05) is 25.9 Å². The van der Waals surface area contributed by atoms with E-state index >= 15 is 0 Å². The highest BCUT2D eigenvalue weighted by atomic mass is 79.9. The van der Waals surface area contributed by atoms with Crippen LogP contribution in [-0.4, -0.2) is 42.7 Å². The maximum atomic E-state index is 12.3. The van der Waals surface area contributed by atoms with Crippen LogP contribution in [0.4, 0.5) is 0 Å². The van der Waals surface area contributed by atoms with Crippen molar-refractivity contribution in [2.45, 2.75) is 37.6 Å². The first-order chi connectivity index (χ1) is 10.0. The predicted molar refractivity (Wildman–Crippen MR) is 100 cm³/mol. The number of piperidine rings is 1. The van der Waals surface area contributed by atoms with Crippen molar-refractivity contribution in [3.63, 3.8) is 0 Å². The molecule has 0 aromatic heterocycles. The Morgan fingerprint density at radius 1 is 1.32 bits per heavy atom. The van der Waals surface area contributed by atoms with Gasteiger partial charge in [-0.15, -0.1) is 24.2 Å². The fourth-order valence-corrected chi connectivity index (χ4v) is 4.02. The van der Waals surface area contributed by atoms with E-state index in [1.165, 1.54) is 16.0 Å². The van der Waals surface area contributed by atoms with E-state index in [1.807, 2.05) is 11.9 Å². The SMILES string of the molecule is CNC1CCN(C(=O)CSc2cc(C)c(Br)cc2C)CC1.Cl. The second-order valence-corrected chi connectivity index (χ2v) is 7.47. The number of halogens is 2. The zero-order valence-electron chi connectivity index (χ0n) is 13.3. The first-order valence-corrected chi connectivity index (χ1v) is 9.13. The molecule has 1 aromatic carbocycles. The number of aryl methyl sites for hydroxylation is 2. The third-order valence-corrected chi connectivity index (χ3v) is 6.06. The van der Waals surface area contributed by atoms with Crippen molar-refractivity contribution >= 4 is 46.0 Å². The maximum absolute atomic E-state index is 12.3. The van der Waals surface area contributed by atoms with Gasteiger partial charge in [0.25, 0.3) is 0 Å². The number of rotatable bonds is 4. The van der Waals surface area contributed by atoms with Crippen molar-refractivity contribution < 1.29 is 4.79 Å². The van der Waals surface area contributed by atoms with E-state index in [0.717, 1.165) is 30.4 Å². The third kappa shape index (κ3) is 5.15. The van der Waals surface area contributed by atoms with Gasteiger partial charge in [0.05, 0.1) is 5.75 Å². The molecule has 0 aliphatic carbocycles. The lowest BCUT2D eigenvalue weighted by Crippen LogP contribution is -2.44. The highest BCUT2D eigenvalue weighted by Crippen LogP contribution is 2.28. The van der Waals surface area contributed by atoms with Crippen LogP contribution < -0.4 is 5.32 Å². The van der Waals surface area contributed by atoms with Crippen LogP contribution in [0.5, 0.6) is 0 Å². The normalized spacial score (nSPS) is 15.5. The monoisotopic (exact) mass is 406 g/mol. The zero-order valence-corrected chi connectivity index (χ0v) is 16.5. The van der Waals surface area contributed by atoms with Crippen LogP contribution in [0.25, 0.3) is 0 Å². The molecule has 124 valence electrons. The molecule has 0 radical (unpaired) electrons. The third-order valence-electron chi connectivity index (χ3n) is 4.06. The highest BCUT2D eigenvalue weighted by molar-refractivity contribution is 9.10. The van der Waals surface area contributed by atoms with E-state index in [9.17, 15) is 4.79 Å². The number of carbonyl (C=O) groups is 1. The fourth-order valence-electron chi connectivity index (χ4n) is 2.56. The minimum Gasteiger partial charge on any atom is -0.342 e. The molecule has 1 saturated heterocycles. The summed E-state index contributed by atoms with van der Waals surface area (Å²) >= 11 is 5.20. The van der Waals surface area contributed by atoms with E-state index in [-0.39, 0.29) is 18.3 Å². The summed E-state index contributed by atoms with van der Waals surface area (Å²) in [4.78, 5) is 15.5. The molecule has 1 heterocycles. The molecule has 0 spiro atoms. The Morgan fingerprint density at radius 2 is 1.95 bits per heavy atom. The number of hydrogen-bond donors (Lipinski definition) is 1. The molecule has 1 aliphatic rings. The van der Waals surface area contributed by atoms with Crippen LogP contribution in [0.3, 0.4) is 0 Å². The molecular formula is C16H24BrClN2OS. The number of carbonyl (C=O) groups excluding carboxylic acids is 1. The number of hydrogen-bond acceptors (Lipinski definition) is 3. The summed E-state index contributed by atoms with van der Waals surface area (Å²) in [6, 6.07) is 4.85. The van der Waals surface area contributed by atoms with Gasteiger partial charge in [0, 0.05) is 28.5 Å². The number of benzene rings is 1. The van der Waals surface area contributed by atoms with Gasteiger partial charge in [-0.2, -0.15) is 0 Å². The standard InChI is InChI=1S/C16H23BrN2OS.ClH/c1-11-9-15(12(2)8-14(11)17)21-10-16(20)19-6-4-13(18-3)5-7-19;/h8-9,13,18H,4-7,10H2,1-3H3;1H. The number of amides is 1. The summed E-state index contributed by atoms with van der Waals surface area (Å²) in [5, 5.41) is 3.29. The Kier molecular flexibility index (Phi) is 8.25. The largest absolute Gasteiger partial charge is 0.342 e. The van der Waals surface area contributed by atoms with Gasteiger partial charge in [0.2, 0.25) is 5.91 Å². The quantitative estimate of drug-likeness (QED) is 0.771. The summed E-state index contributed by atoms with van der Waals surface area (Å²) in [5.74, 6) is 0.793. The predicted octanol–water partition coefficient (Wildman–Crippen LogP) is 3.79. The second kappa shape index (κ2) is 9.16. The van der Waals surface area contributed by atoms with Crippen molar-refractivity contribution in [1.82, 2.24) is 10.2 Å². The fraction of sp³-hybridized carbons (Fsp3) is 0.562. The number of thioether (sulfide) groups is 1. The molecule has 22 heavy (non-hydrogen) atoms. The molecule has 0 saturated carbocycles. The molecule has 0 bridgehead atoms. The highest BCUT2D eigenvalue weighted by Gasteiger charge is 2.21. The van der Waals surface area contributed by atoms with Crippen LogP contribution in [-0.2, 0) is 4.79 Å². The summed E-state index contributed by atoms with van der Waals surface area (Å²) in [6.07, 6.45) is 2.12. The van der Waals surface area contributed by atoms with E-state index in [4.69, 9.17) is 0 Å². The molecule has 1 aliphatic heterocycles. The summed E-state index contributed by atoms with van der Waals surface area (Å²) in [7, 11) is 2.00. The van der Waals surface area contributed by atoms with Crippen molar-refractivity contribution in [1.29, 1.82) is 0 Å². The summed E-state index contributed by atoms with van der Waals surface area (Å²) < 4.78 is 1.13. The topological polar surface area (TPSA) is 32.3 Å². The Balaban J connectivity index is 0.00000242. The summed E-state index contributed by atoms with van der Waals surface area (Å²) in [6.45, 7) is 5.93. The van der Waals surface area contributed by atoms with E-state index in [1.54, 1.807) is 11.8 Å². The van der Waals surface area contributed by atoms with Crippen LogP contribution >= 0.6 is 40.1 Å². The van der Waals surface area contributed by atoms with Crippen molar-refractivity contribution in [3.8, 4) is 0 Å². The van der Waals surface area contributed by atoms with Crippen LogP contribution in [0.1, 0.15) is 24.0 Å². The molecular weight excluding hydrogens is 384 g/mol. The Morgan fingerprint density at radius 3 is 2.55 bits per heavy atom. The van der Waals surface area contributed by atoms with Crippen molar-refractivity contribution in [2.24, 2.45) is 0 Å². The average molecular weight is 408 g/mol. The van der Waals surface area contributed by atoms with Gasteiger partial charge < -0.3 is 10.2 Å². The Labute approximate surface area is 152 Å². The molecule has 3 nitrogen and oxygen atoms in total. The van der Waals surface area contributed by atoms with Crippen LogP contribution in [0.15, 0.2) is 21.5 Å². The van der Waals surface area contributed by atoms with E-state index < -0.39 is 0 Å². The average Bonchev–Trinajstić information content (AvgIpc) is 2.49. The zero-order chi connectivity index (χ0) is 15.4. The molecule has 1 aromatic rings. The Hall–Kier alpha value is -0.230. The van der Waals surface area contributed by atoms with E-state index in [2.05, 4.69) is 47.2 Å². The molecule has 1 N–H and O–H groups in total. The summed E-state index contributed by atoms with van der Waals surface area (Å²) in [5.41, 5.74) is 2.43. The lowest BCUT2D eigenvalue weighted by molar-refractivity contribution is -0.129. The first-order valence-electron chi connectivity index (χ1n) is 7.36. The molecule has 1 amide bonds. The van der Waals surface area contributed by atoms with Crippen LogP contribution in [0, 0.1) is 13.8 Å². The smallest absolute Gasteiger partial charge is 0.232 e. The van der Waals surface area contributed by atoms with Crippen molar-refractivity contribution in [3.05, 3.63) is 27.7 Å². The number of nitrogens with zero attached hydrogens (tertiary/aromatic N) is 1. The minimum atomic E-state index is 0. The molecule has 6 heteroatoms. The molecule has 0 unspecified atom stereocenters. The van der Waals surface area contributed by atoms with Gasteiger partial charge in [-0.25, -0.2) is 0 Å². The van der Waals surface area contributed by atoms with E-state index in [0.29, 0.717) is 11.8 Å². The van der Waals surface area contributed by atoms with Gasteiger partial charge in [0.15, 0.2) is 0 Å². The lowest BCUT2D eigenvalue weighted by atomic mass is 10.1. The first kappa shape index (κ1) is 19.8. The van der Waals surface area contributed by atoms with Gasteiger partial charge >= 0.3 is 0 Å². The lowest BCUT2D eigenvalue weighted by Gasteiger charge is -2.31. The maximum Gasteiger partial charge on any atom is 0.232 e. The minimum absolute atomic E-state index is 0. The van der Waals surface area contributed by atoms with Gasteiger partial charge in [-0.1, -0.05) is 15.9 Å². The number of likely N-dealkylation sites (tertiary alicyclic amines) is 1. The molecule has 0 atom stereocenters. The Bertz CT molecular complexity index is 519. The molecule has 2 rings (SSSR count). The second-order valence-electron chi connectivity index (χ2n) is 5.60. The molecule has 1 fully saturated rings. The van der Waals surface area contributed by atoms with Gasteiger partial charge in [0.1, 0.15) is 0 Å². The van der Waals surface area contributed by atoms with Gasteiger partial charge in [-0.3, -0.25) is 4.79 Å². The number of nitrogens with one attached hydrogen (secondary N) is 1. The van der Waals surface area contributed by atoms with Gasteiger partial charge in [-0.05, 0) is 57.0 Å².